The molecule has 0 aliphatic rings. The van der Waals surface area contributed by atoms with E-state index >= 15 is 0 Å². The molecule has 0 aromatic heterocycles. The van der Waals surface area contributed by atoms with Crippen molar-refractivity contribution in [1.29, 1.82) is 0 Å². The molecule has 0 saturated carbocycles. The van der Waals surface area contributed by atoms with E-state index in [4.69, 9.17) is 22.8 Å². The van der Waals surface area contributed by atoms with Crippen LogP contribution in [0, 0.1) is 12.3 Å². The zero-order chi connectivity index (χ0) is 14.1. The first kappa shape index (κ1) is 15.9. The molecule has 2 nitrogen and oxygen atoms in total. The van der Waals surface area contributed by atoms with Crippen LogP contribution in [0.25, 0.3) is 0 Å². The molecule has 0 bridgehead atoms. The lowest BCUT2D eigenvalue weighted by Crippen LogP contribution is -2.41. The van der Waals surface area contributed by atoms with Crippen molar-refractivity contribution in [3.05, 3.63) is 29.3 Å². The van der Waals surface area contributed by atoms with E-state index < -0.39 is 0 Å². The molecule has 104 valence electrons. The fraction of sp³-hybridized carbons (Fsp3) is 0.500. The molecule has 1 aromatic rings. The molecule has 2 unspecified atom stereocenters. The van der Waals surface area contributed by atoms with Gasteiger partial charge in [0.05, 0.1) is 0 Å². The van der Waals surface area contributed by atoms with Crippen molar-refractivity contribution >= 4 is 11.6 Å². The summed E-state index contributed by atoms with van der Waals surface area (Å²) in [6, 6.07) is 7.73. The van der Waals surface area contributed by atoms with E-state index in [0.717, 1.165) is 31.6 Å². The number of rotatable bonds is 8. The normalized spacial score (nSPS) is 13.6. The Morgan fingerprint density at radius 1 is 1.47 bits per heavy atom. The Kier molecular flexibility index (Phi) is 7.40. The maximum absolute atomic E-state index is 5.95. The van der Waals surface area contributed by atoms with Crippen LogP contribution < -0.4 is 10.1 Å². The van der Waals surface area contributed by atoms with Crippen molar-refractivity contribution in [3.8, 4) is 18.1 Å². The number of halogens is 1. The second-order valence-corrected chi connectivity index (χ2v) is 5.02. The van der Waals surface area contributed by atoms with Gasteiger partial charge in [-0.1, -0.05) is 24.6 Å². The number of benzene rings is 1. The summed E-state index contributed by atoms with van der Waals surface area (Å²) in [6.45, 7) is 5.18. The lowest BCUT2D eigenvalue weighted by molar-refractivity contribution is 0.165. The van der Waals surface area contributed by atoms with Gasteiger partial charge in [0.2, 0.25) is 0 Å². The summed E-state index contributed by atoms with van der Waals surface area (Å²) in [5, 5.41) is 4.17. The van der Waals surface area contributed by atoms with Gasteiger partial charge in [0.15, 0.2) is 0 Å². The van der Waals surface area contributed by atoms with Crippen molar-refractivity contribution in [2.75, 3.05) is 6.54 Å². The van der Waals surface area contributed by atoms with E-state index in [9.17, 15) is 0 Å². The van der Waals surface area contributed by atoms with Crippen LogP contribution in [-0.4, -0.2) is 18.7 Å². The van der Waals surface area contributed by atoms with Gasteiger partial charge in [0.1, 0.15) is 11.9 Å². The first-order chi connectivity index (χ1) is 9.17. The Balaban J connectivity index is 2.59. The van der Waals surface area contributed by atoms with Crippen LogP contribution in [0.15, 0.2) is 24.3 Å². The summed E-state index contributed by atoms with van der Waals surface area (Å²) in [4.78, 5) is 0. The van der Waals surface area contributed by atoms with Crippen LogP contribution in [0.3, 0.4) is 0 Å². The predicted molar refractivity (Wildman–Crippen MR) is 81.7 cm³/mol. The van der Waals surface area contributed by atoms with E-state index in [1.54, 1.807) is 0 Å². The smallest absolute Gasteiger partial charge is 0.121 e. The molecule has 0 saturated heterocycles. The molecule has 1 N–H and O–H groups in total. The number of hydrogen-bond donors (Lipinski definition) is 1. The number of hydrogen-bond acceptors (Lipinski definition) is 2. The van der Waals surface area contributed by atoms with Crippen LogP contribution in [0.2, 0.25) is 5.02 Å². The van der Waals surface area contributed by atoms with Crippen molar-refractivity contribution < 1.29 is 4.74 Å². The van der Waals surface area contributed by atoms with Gasteiger partial charge in [-0.3, -0.25) is 0 Å². The Morgan fingerprint density at radius 3 is 2.89 bits per heavy atom. The standard InChI is InChI=1S/C16H22ClNO/c1-4-6-10-16(18-11-5-2)13(3)19-15-9-7-8-14(17)12-15/h1,7-9,12-13,16,18H,5-6,10-11H2,2-3H3. The third-order valence-electron chi connectivity index (χ3n) is 2.94. The third kappa shape index (κ3) is 6.00. The zero-order valence-electron chi connectivity index (χ0n) is 11.7. The second kappa shape index (κ2) is 8.85. The molecule has 0 heterocycles. The van der Waals surface area contributed by atoms with Gasteiger partial charge in [-0.15, -0.1) is 12.3 Å². The largest absolute Gasteiger partial charge is 0.489 e. The summed E-state index contributed by atoms with van der Waals surface area (Å²) in [5.74, 6) is 3.48. The van der Waals surface area contributed by atoms with Gasteiger partial charge in [0, 0.05) is 17.5 Å². The van der Waals surface area contributed by atoms with E-state index in [1.165, 1.54) is 0 Å². The van der Waals surface area contributed by atoms with Crippen molar-refractivity contribution in [2.24, 2.45) is 0 Å². The highest BCUT2D eigenvalue weighted by molar-refractivity contribution is 6.30. The predicted octanol–water partition coefficient (Wildman–Crippen LogP) is 3.89. The zero-order valence-corrected chi connectivity index (χ0v) is 12.4. The monoisotopic (exact) mass is 279 g/mol. The van der Waals surface area contributed by atoms with Crippen molar-refractivity contribution in [2.45, 2.75) is 45.3 Å². The average molecular weight is 280 g/mol. The van der Waals surface area contributed by atoms with Gasteiger partial charge >= 0.3 is 0 Å². The summed E-state index contributed by atoms with van der Waals surface area (Å²) >= 11 is 5.95. The molecule has 0 spiro atoms. The molecule has 0 amide bonds. The molecule has 1 rings (SSSR count). The summed E-state index contributed by atoms with van der Waals surface area (Å²) in [6.07, 6.45) is 8.16. The summed E-state index contributed by atoms with van der Waals surface area (Å²) in [5.41, 5.74) is 0. The topological polar surface area (TPSA) is 21.3 Å². The lowest BCUT2D eigenvalue weighted by Gasteiger charge is -2.25. The molecular formula is C16H22ClNO. The SMILES string of the molecule is C#CCCC(NCCC)C(C)Oc1cccc(Cl)c1. The van der Waals surface area contributed by atoms with Gasteiger partial charge in [-0.2, -0.15) is 0 Å². The molecule has 0 aliphatic carbocycles. The molecular weight excluding hydrogens is 258 g/mol. The van der Waals surface area contributed by atoms with Gasteiger partial charge < -0.3 is 10.1 Å². The molecule has 3 heteroatoms. The highest BCUT2D eigenvalue weighted by Crippen LogP contribution is 2.19. The lowest BCUT2D eigenvalue weighted by atomic mass is 10.1. The molecule has 1 aromatic carbocycles. The fourth-order valence-corrected chi connectivity index (χ4v) is 2.09. The Hall–Kier alpha value is -1.17. The first-order valence-corrected chi connectivity index (χ1v) is 7.14. The summed E-state index contributed by atoms with van der Waals surface area (Å²) in [7, 11) is 0. The first-order valence-electron chi connectivity index (χ1n) is 6.76. The van der Waals surface area contributed by atoms with E-state index in [0.29, 0.717) is 5.02 Å². The van der Waals surface area contributed by atoms with E-state index in [1.807, 2.05) is 24.3 Å². The maximum atomic E-state index is 5.95. The number of terminal acetylenes is 1. The Labute approximate surface area is 121 Å². The molecule has 19 heavy (non-hydrogen) atoms. The van der Waals surface area contributed by atoms with Crippen LogP contribution in [0.4, 0.5) is 0 Å². The molecule has 0 fully saturated rings. The molecule has 0 radical (unpaired) electrons. The number of nitrogens with one attached hydrogen (secondary N) is 1. The van der Waals surface area contributed by atoms with Crippen LogP contribution >= 0.6 is 11.6 Å². The minimum Gasteiger partial charge on any atom is -0.489 e. The van der Waals surface area contributed by atoms with Crippen LogP contribution in [0.5, 0.6) is 5.75 Å². The van der Waals surface area contributed by atoms with Crippen molar-refractivity contribution in [1.82, 2.24) is 5.32 Å². The Bertz CT molecular complexity index is 413. The fourth-order valence-electron chi connectivity index (χ4n) is 1.91. The maximum Gasteiger partial charge on any atom is 0.121 e. The molecule has 0 aliphatic heterocycles. The molecule has 2 atom stereocenters. The minimum absolute atomic E-state index is 0.0540. The quantitative estimate of drug-likeness (QED) is 0.729. The number of ether oxygens (including phenoxy) is 1. The highest BCUT2D eigenvalue weighted by atomic mass is 35.5. The average Bonchev–Trinajstić information content (AvgIpc) is 2.38. The van der Waals surface area contributed by atoms with Gasteiger partial charge in [-0.05, 0) is 44.5 Å². The second-order valence-electron chi connectivity index (χ2n) is 4.58. The highest BCUT2D eigenvalue weighted by Gasteiger charge is 2.17. The van der Waals surface area contributed by atoms with Gasteiger partial charge in [-0.25, -0.2) is 0 Å². The summed E-state index contributed by atoms with van der Waals surface area (Å²) < 4.78 is 5.94. The van der Waals surface area contributed by atoms with Crippen LogP contribution in [0.1, 0.15) is 33.1 Å². The van der Waals surface area contributed by atoms with Gasteiger partial charge in [0.25, 0.3) is 0 Å². The minimum atomic E-state index is 0.0540. The van der Waals surface area contributed by atoms with E-state index in [2.05, 4.69) is 25.1 Å². The third-order valence-corrected chi connectivity index (χ3v) is 3.18. The van der Waals surface area contributed by atoms with Crippen molar-refractivity contribution in [3.63, 3.8) is 0 Å². The Morgan fingerprint density at radius 2 is 2.26 bits per heavy atom. The van der Waals surface area contributed by atoms with E-state index in [-0.39, 0.29) is 12.1 Å². The van der Waals surface area contributed by atoms with Crippen LogP contribution in [-0.2, 0) is 0 Å².